The van der Waals surface area contributed by atoms with Gasteiger partial charge in [0.15, 0.2) is 0 Å². The van der Waals surface area contributed by atoms with E-state index in [9.17, 15) is 4.79 Å². The maximum atomic E-state index is 11.5. The highest BCUT2D eigenvalue weighted by molar-refractivity contribution is 5.60. The summed E-state index contributed by atoms with van der Waals surface area (Å²) < 4.78 is 0. The summed E-state index contributed by atoms with van der Waals surface area (Å²) in [5.41, 5.74) is -0.0530. The van der Waals surface area contributed by atoms with E-state index in [0.29, 0.717) is 11.8 Å². The fraction of sp³-hybridized carbons (Fsp3) is 0.933. The van der Waals surface area contributed by atoms with Gasteiger partial charge in [-0.1, -0.05) is 40.5 Å². The molecule has 2 nitrogen and oxygen atoms in total. The molecular weight excluding hydrogens is 210 g/mol. The average Bonchev–Trinajstić information content (AvgIpc) is 2.27. The molecule has 0 bridgehead atoms. The van der Waals surface area contributed by atoms with Crippen LogP contribution in [0.25, 0.3) is 0 Å². The summed E-state index contributed by atoms with van der Waals surface area (Å²) in [7, 11) is 0. The number of carbonyl (C=O) groups excluding carboxylic acids is 1. The summed E-state index contributed by atoms with van der Waals surface area (Å²) in [5, 5.41) is 0. The number of hydrogen-bond acceptors (Lipinski definition) is 2. The molecule has 1 aliphatic carbocycles. The van der Waals surface area contributed by atoms with Gasteiger partial charge in [-0.05, 0) is 31.2 Å². The SMILES string of the molecule is CCN(CC(C)C)CC1(C=O)CCCC(C)C1. The van der Waals surface area contributed by atoms with Gasteiger partial charge in [-0.15, -0.1) is 0 Å². The molecule has 1 aliphatic rings. The van der Waals surface area contributed by atoms with E-state index in [1.54, 1.807) is 0 Å². The largest absolute Gasteiger partial charge is 0.303 e. The smallest absolute Gasteiger partial charge is 0.127 e. The second-order valence-corrected chi connectivity index (χ2v) is 6.40. The third-order valence-corrected chi connectivity index (χ3v) is 3.99. The number of rotatable bonds is 6. The molecule has 0 aromatic carbocycles. The molecular formula is C15H29NO. The second kappa shape index (κ2) is 6.53. The Bertz CT molecular complexity index is 239. The highest BCUT2D eigenvalue weighted by Gasteiger charge is 2.36. The summed E-state index contributed by atoms with van der Waals surface area (Å²) in [6.45, 7) is 12.1. The van der Waals surface area contributed by atoms with Crippen molar-refractivity contribution in [1.82, 2.24) is 4.90 Å². The van der Waals surface area contributed by atoms with E-state index in [1.807, 2.05) is 0 Å². The minimum atomic E-state index is -0.0530. The topological polar surface area (TPSA) is 20.3 Å². The molecule has 2 atom stereocenters. The minimum Gasteiger partial charge on any atom is -0.303 e. The Balaban J connectivity index is 2.62. The van der Waals surface area contributed by atoms with Crippen molar-refractivity contribution in [3.8, 4) is 0 Å². The highest BCUT2D eigenvalue weighted by Crippen LogP contribution is 2.38. The minimum absolute atomic E-state index is 0.0530. The molecule has 17 heavy (non-hydrogen) atoms. The predicted octanol–water partition coefficient (Wildman–Crippen LogP) is 3.36. The van der Waals surface area contributed by atoms with Crippen molar-refractivity contribution in [3.05, 3.63) is 0 Å². The van der Waals surface area contributed by atoms with Crippen molar-refractivity contribution in [2.45, 2.75) is 53.4 Å². The summed E-state index contributed by atoms with van der Waals surface area (Å²) >= 11 is 0. The third kappa shape index (κ3) is 4.42. The first-order valence-electron chi connectivity index (χ1n) is 7.20. The maximum absolute atomic E-state index is 11.5. The van der Waals surface area contributed by atoms with Crippen molar-refractivity contribution < 1.29 is 4.79 Å². The molecule has 0 saturated heterocycles. The Morgan fingerprint density at radius 1 is 1.47 bits per heavy atom. The lowest BCUT2D eigenvalue weighted by atomic mass is 9.70. The molecule has 0 heterocycles. The van der Waals surface area contributed by atoms with Crippen molar-refractivity contribution >= 4 is 6.29 Å². The summed E-state index contributed by atoms with van der Waals surface area (Å²) in [6, 6.07) is 0. The fourth-order valence-corrected chi connectivity index (χ4v) is 3.26. The zero-order chi connectivity index (χ0) is 12.9. The van der Waals surface area contributed by atoms with Crippen LogP contribution in [0.4, 0.5) is 0 Å². The lowest BCUT2D eigenvalue weighted by Gasteiger charge is -2.39. The molecule has 0 aromatic rings. The molecule has 2 unspecified atom stereocenters. The van der Waals surface area contributed by atoms with Crippen molar-refractivity contribution in [2.75, 3.05) is 19.6 Å². The van der Waals surface area contributed by atoms with Gasteiger partial charge < -0.3 is 9.69 Å². The molecule has 1 saturated carbocycles. The van der Waals surface area contributed by atoms with E-state index in [2.05, 4.69) is 32.6 Å². The molecule has 0 aliphatic heterocycles. The maximum Gasteiger partial charge on any atom is 0.127 e. The van der Waals surface area contributed by atoms with Crippen molar-refractivity contribution in [1.29, 1.82) is 0 Å². The molecule has 1 rings (SSSR count). The molecule has 0 amide bonds. The van der Waals surface area contributed by atoms with Gasteiger partial charge in [0, 0.05) is 18.5 Å². The second-order valence-electron chi connectivity index (χ2n) is 6.40. The lowest BCUT2D eigenvalue weighted by Crippen LogP contribution is -2.43. The van der Waals surface area contributed by atoms with Crippen LogP contribution in [-0.2, 0) is 4.79 Å². The molecule has 0 radical (unpaired) electrons. The Hall–Kier alpha value is -0.370. The lowest BCUT2D eigenvalue weighted by molar-refractivity contribution is -0.120. The number of hydrogen-bond donors (Lipinski definition) is 0. The summed E-state index contributed by atoms with van der Waals surface area (Å²) in [4.78, 5) is 14.0. The standard InChI is InChI=1S/C15H29NO/c1-5-16(10-13(2)3)11-15(12-17)8-6-7-14(4)9-15/h12-14H,5-11H2,1-4H3. The van der Waals surface area contributed by atoms with Crippen LogP contribution in [0.3, 0.4) is 0 Å². The normalized spacial score (nSPS) is 29.9. The first kappa shape index (κ1) is 14.7. The van der Waals surface area contributed by atoms with Crippen LogP contribution in [0.1, 0.15) is 53.4 Å². The highest BCUT2D eigenvalue weighted by atomic mass is 16.1. The Labute approximate surface area is 107 Å². The van der Waals surface area contributed by atoms with Crippen LogP contribution in [0.2, 0.25) is 0 Å². The Morgan fingerprint density at radius 2 is 2.18 bits per heavy atom. The van der Waals surface area contributed by atoms with Crippen molar-refractivity contribution in [2.24, 2.45) is 17.3 Å². The van der Waals surface area contributed by atoms with E-state index in [-0.39, 0.29) is 5.41 Å². The van der Waals surface area contributed by atoms with Crippen LogP contribution in [-0.4, -0.2) is 30.8 Å². The third-order valence-electron chi connectivity index (χ3n) is 3.99. The zero-order valence-electron chi connectivity index (χ0n) is 12.0. The van der Waals surface area contributed by atoms with Crippen LogP contribution < -0.4 is 0 Å². The van der Waals surface area contributed by atoms with Gasteiger partial charge >= 0.3 is 0 Å². The van der Waals surface area contributed by atoms with Crippen LogP contribution >= 0.6 is 0 Å². The van der Waals surface area contributed by atoms with Gasteiger partial charge in [0.25, 0.3) is 0 Å². The van der Waals surface area contributed by atoms with E-state index < -0.39 is 0 Å². The van der Waals surface area contributed by atoms with E-state index >= 15 is 0 Å². The number of aldehydes is 1. The average molecular weight is 239 g/mol. The summed E-state index contributed by atoms with van der Waals surface area (Å²) in [5.74, 6) is 1.39. The molecule has 0 N–H and O–H groups in total. The zero-order valence-corrected chi connectivity index (χ0v) is 12.0. The fourth-order valence-electron chi connectivity index (χ4n) is 3.26. The van der Waals surface area contributed by atoms with Gasteiger partial charge in [-0.2, -0.15) is 0 Å². The van der Waals surface area contributed by atoms with E-state index in [0.717, 1.165) is 32.5 Å². The quantitative estimate of drug-likeness (QED) is 0.662. The van der Waals surface area contributed by atoms with Gasteiger partial charge in [0.1, 0.15) is 6.29 Å². The monoisotopic (exact) mass is 239 g/mol. The van der Waals surface area contributed by atoms with Crippen LogP contribution in [0, 0.1) is 17.3 Å². The number of carbonyl (C=O) groups is 1. The van der Waals surface area contributed by atoms with Crippen molar-refractivity contribution in [3.63, 3.8) is 0 Å². The molecule has 0 spiro atoms. The van der Waals surface area contributed by atoms with Gasteiger partial charge in [0.05, 0.1) is 0 Å². The Morgan fingerprint density at radius 3 is 2.65 bits per heavy atom. The molecule has 0 aromatic heterocycles. The summed E-state index contributed by atoms with van der Waals surface area (Å²) in [6.07, 6.45) is 5.96. The Kier molecular flexibility index (Phi) is 5.64. The predicted molar refractivity (Wildman–Crippen MR) is 73.1 cm³/mol. The van der Waals surface area contributed by atoms with Crippen LogP contribution in [0.15, 0.2) is 0 Å². The molecule has 2 heteroatoms. The van der Waals surface area contributed by atoms with Gasteiger partial charge in [0.2, 0.25) is 0 Å². The number of nitrogens with zero attached hydrogens (tertiary/aromatic N) is 1. The first-order valence-corrected chi connectivity index (χ1v) is 7.20. The van der Waals surface area contributed by atoms with E-state index in [4.69, 9.17) is 0 Å². The van der Waals surface area contributed by atoms with Gasteiger partial charge in [-0.3, -0.25) is 0 Å². The molecule has 1 fully saturated rings. The van der Waals surface area contributed by atoms with Crippen LogP contribution in [0.5, 0.6) is 0 Å². The first-order chi connectivity index (χ1) is 8.01. The molecule has 100 valence electrons. The van der Waals surface area contributed by atoms with E-state index in [1.165, 1.54) is 19.1 Å². The van der Waals surface area contributed by atoms with Gasteiger partial charge in [-0.25, -0.2) is 0 Å².